The molecule has 1 nitrogen and oxygen atoms in total. The van der Waals surface area contributed by atoms with Crippen LogP contribution in [0.3, 0.4) is 0 Å². The van der Waals surface area contributed by atoms with Crippen molar-refractivity contribution in [3.05, 3.63) is 56.7 Å². The molecular formula is C13H14BrNS. The number of hydrogen-bond donors (Lipinski definition) is 1. The van der Waals surface area contributed by atoms with Crippen LogP contribution in [0.25, 0.3) is 0 Å². The highest BCUT2D eigenvalue weighted by atomic mass is 79.9. The number of nitrogens with one attached hydrogen (secondary N) is 1. The molecule has 1 aromatic carbocycles. The third-order valence-electron chi connectivity index (χ3n) is 2.51. The molecule has 0 saturated heterocycles. The van der Waals surface area contributed by atoms with Crippen molar-refractivity contribution in [2.75, 3.05) is 0 Å². The maximum Gasteiger partial charge on any atom is 0.0701 e. The fourth-order valence-electron chi connectivity index (χ4n) is 1.56. The summed E-state index contributed by atoms with van der Waals surface area (Å²) >= 11 is 5.25. The van der Waals surface area contributed by atoms with E-state index in [-0.39, 0.29) is 0 Å². The predicted octanol–water partition coefficient (Wildman–Crippen LogP) is 4.36. The lowest BCUT2D eigenvalue weighted by Crippen LogP contribution is -2.17. The predicted molar refractivity (Wildman–Crippen MR) is 73.7 cm³/mol. The monoisotopic (exact) mass is 295 g/mol. The molecule has 1 atom stereocenters. The fourth-order valence-corrected chi connectivity index (χ4v) is 2.99. The van der Waals surface area contributed by atoms with E-state index in [1.807, 2.05) is 6.07 Å². The SMILES string of the molecule is C[C@H](NCc1ccc(Br)s1)c1ccccc1. The van der Waals surface area contributed by atoms with Crippen LogP contribution in [-0.4, -0.2) is 0 Å². The molecule has 2 rings (SSSR count). The molecule has 3 heteroatoms. The number of thiophene rings is 1. The van der Waals surface area contributed by atoms with E-state index in [0.717, 1.165) is 6.54 Å². The van der Waals surface area contributed by atoms with Crippen LogP contribution in [0.5, 0.6) is 0 Å². The minimum Gasteiger partial charge on any atom is -0.305 e. The molecule has 2 aromatic rings. The highest BCUT2D eigenvalue weighted by Gasteiger charge is 2.04. The van der Waals surface area contributed by atoms with Crippen LogP contribution in [0.1, 0.15) is 23.4 Å². The summed E-state index contributed by atoms with van der Waals surface area (Å²) in [4.78, 5) is 1.36. The molecule has 0 amide bonds. The molecule has 0 unspecified atom stereocenters. The zero-order chi connectivity index (χ0) is 11.4. The molecular weight excluding hydrogens is 282 g/mol. The van der Waals surface area contributed by atoms with Crippen molar-refractivity contribution in [3.8, 4) is 0 Å². The van der Waals surface area contributed by atoms with E-state index < -0.39 is 0 Å². The summed E-state index contributed by atoms with van der Waals surface area (Å²) in [7, 11) is 0. The van der Waals surface area contributed by atoms with E-state index in [1.54, 1.807) is 11.3 Å². The molecule has 0 aliphatic heterocycles. The third kappa shape index (κ3) is 3.17. The Kier molecular flexibility index (Phi) is 4.16. The molecule has 0 aliphatic carbocycles. The lowest BCUT2D eigenvalue weighted by atomic mass is 10.1. The van der Waals surface area contributed by atoms with Crippen molar-refractivity contribution in [1.82, 2.24) is 5.32 Å². The van der Waals surface area contributed by atoms with Gasteiger partial charge in [0.25, 0.3) is 0 Å². The average Bonchev–Trinajstić information content (AvgIpc) is 2.73. The second-order valence-corrected chi connectivity index (χ2v) is 6.27. The molecule has 1 N–H and O–H groups in total. The molecule has 84 valence electrons. The summed E-state index contributed by atoms with van der Waals surface area (Å²) in [6.07, 6.45) is 0. The van der Waals surface area contributed by atoms with E-state index >= 15 is 0 Å². The van der Waals surface area contributed by atoms with Gasteiger partial charge in [0.15, 0.2) is 0 Å². The Morgan fingerprint density at radius 1 is 1.19 bits per heavy atom. The highest BCUT2D eigenvalue weighted by molar-refractivity contribution is 9.11. The van der Waals surface area contributed by atoms with Gasteiger partial charge in [0.1, 0.15) is 0 Å². The largest absolute Gasteiger partial charge is 0.305 e. The zero-order valence-electron chi connectivity index (χ0n) is 9.11. The maximum absolute atomic E-state index is 3.52. The minimum atomic E-state index is 0.391. The number of hydrogen-bond acceptors (Lipinski definition) is 2. The van der Waals surface area contributed by atoms with Crippen molar-refractivity contribution >= 4 is 27.3 Å². The van der Waals surface area contributed by atoms with Gasteiger partial charge >= 0.3 is 0 Å². The van der Waals surface area contributed by atoms with E-state index in [9.17, 15) is 0 Å². The first-order chi connectivity index (χ1) is 7.75. The van der Waals surface area contributed by atoms with Gasteiger partial charge in [0.05, 0.1) is 3.79 Å². The molecule has 1 aromatic heterocycles. The van der Waals surface area contributed by atoms with Crippen LogP contribution in [0, 0.1) is 0 Å². The standard InChI is InChI=1S/C13H14BrNS/c1-10(11-5-3-2-4-6-11)15-9-12-7-8-13(14)16-12/h2-8,10,15H,9H2,1H3/t10-/m0/s1. The summed E-state index contributed by atoms with van der Waals surface area (Å²) in [6.45, 7) is 3.12. The average molecular weight is 296 g/mol. The molecule has 1 heterocycles. The Morgan fingerprint density at radius 3 is 2.56 bits per heavy atom. The Balaban J connectivity index is 1.91. The summed E-state index contributed by atoms with van der Waals surface area (Å²) in [5.74, 6) is 0. The van der Waals surface area contributed by atoms with E-state index in [0.29, 0.717) is 6.04 Å². The fraction of sp³-hybridized carbons (Fsp3) is 0.231. The van der Waals surface area contributed by atoms with Gasteiger partial charge < -0.3 is 5.32 Å². The molecule has 0 bridgehead atoms. The lowest BCUT2D eigenvalue weighted by molar-refractivity contribution is 0.579. The summed E-state index contributed by atoms with van der Waals surface area (Å²) in [5, 5.41) is 3.52. The summed E-state index contributed by atoms with van der Waals surface area (Å²) < 4.78 is 1.19. The first kappa shape index (κ1) is 11.8. The Labute approximate surface area is 109 Å². The normalized spacial score (nSPS) is 12.6. The van der Waals surface area contributed by atoms with E-state index in [1.165, 1.54) is 14.2 Å². The van der Waals surface area contributed by atoms with Crippen molar-refractivity contribution < 1.29 is 0 Å². The Morgan fingerprint density at radius 2 is 1.94 bits per heavy atom. The van der Waals surface area contributed by atoms with Crippen molar-refractivity contribution in [3.63, 3.8) is 0 Å². The van der Waals surface area contributed by atoms with Gasteiger partial charge in [-0.1, -0.05) is 30.3 Å². The second kappa shape index (κ2) is 5.62. The van der Waals surface area contributed by atoms with Gasteiger partial charge in [0.2, 0.25) is 0 Å². The molecule has 0 fully saturated rings. The number of halogens is 1. The topological polar surface area (TPSA) is 12.0 Å². The smallest absolute Gasteiger partial charge is 0.0701 e. The summed E-state index contributed by atoms with van der Waals surface area (Å²) in [6, 6.07) is 15.2. The van der Waals surface area contributed by atoms with Crippen LogP contribution in [0.4, 0.5) is 0 Å². The van der Waals surface area contributed by atoms with Gasteiger partial charge in [-0.25, -0.2) is 0 Å². The van der Waals surface area contributed by atoms with Crippen LogP contribution in [-0.2, 0) is 6.54 Å². The number of rotatable bonds is 4. The molecule has 0 saturated carbocycles. The third-order valence-corrected chi connectivity index (χ3v) is 4.13. The molecule has 0 radical (unpaired) electrons. The van der Waals surface area contributed by atoms with Crippen molar-refractivity contribution in [2.45, 2.75) is 19.5 Å². The van der Waals surface area contributed by atoms with Gasteiger partial charge in [-0.3, -0.25) is 0 Å². The van der Waals surface area contributed by atoms with Gasteiger partial charge in [-0.05, 0) is 40.5 Å². The molecule has 0 aliphatic rings. The highest BCUT2D eigenvalue weighted by Crippen LogP contribution is 2.22. The van der Waals surface area contributed by atoms with Gasteiger partial charge in [-0.2, -0.15) is 0 Å². The second-order valence-electron chi connectivity index (χ2n) is 3.72. The zero-order valence-corrected chi connectivity index (χ0v) is 11.5. The van der Waals surface area contributed by atoms with E-state index in [2.05, 4.69) is 64.6 Å². The van der Waals surface area contributed by atoms with E-state index in [4.69, 9.17) is 0 Å². The van der Waals surface area contributed by atoms with Crippen molar-refractivity contribution in [2.24, 2.45) is 0 Å². The molecule has 16 heavy (non-hydrogen) atoms. The first-order valence-electron chi connectivity index (χ1n) is 5.28. The summed E-state index contributed by atoms with van der Waals surface area (Å²) in [5.41, 5.74) is 1.33. The van der Waals surface area contributed by atoms with Crippen LogP contribution >= 0.6 is 27.3 Å². The van der Waals surface area contributed by atoms with Crippen LogP contribution in [0.15, 0.2) is 46.3 Å². The maximum atomic E-state index is 3.52. The van der Waals surface area contributed by atoms with Gasteiger partial charge in [-0.15, -0.1) is 11.3 Å². The van der Waals surface area contributed by atoms with Crippen LogP contribution in [0.2, 0.25) is 0 Å². The van der Waals surface area contributed by atoms with Gasteiger partial charge in [0, 0.05) is 17.5 Å². The van der Waals surface area contributed by atoms with Crippen molar-refractivity contribution in [1.29, 1.82) is 0 Å². The Hall–Kier alpha value is -0.640. The number of benzene rings is 1. The molecule has 0 spiro atoms. The quantitative estimate of drug-likeness (QED) is 0.884. The minimum absolute atomic E-state index is 0.391. The first-order valence-corrected chi connectivity index (χ1v) is 6.89. The lowest BCUT2D eigenvalue weighted by Gasteiger charge is -2.13. The Bertz CT molecular complexity index is 438. The van der Waals surface area contributed by atoms with Crippen LogP contribution < -0.4 is 5.32 Å².